The molecule has 3 aromatic rings. The predicted molar refractivity (Wildman–Crippen MR) is 154 cm³/mol. The first-order valence-electron chi connectivity index (χ1n) is 14.7. The maximum absolute atomic E-state index is 14.9. The van der Waals surface area contributed by atoms with Crippen molar-refractivity contribution in [1.82, 2.24) is 0 Å². The van der Waals surface area contributed by atoms with E-state index in [-0.39, 0.29) is 36.2 Å². The summed E-state index contributed by atoms with van der Waals surface area (Å²) < 4.78 is 88.8. The second-order valence-electron chi connectivity index (χ2n) is 10.5. The van der Waals surface area contributed by atoms with Gasteiger partial charge in [0.25, 0.3) is 0 Å². The zero-order chi connectivity index (χ0) is 30.9. The van der Waals surface area contributed by atoms with Crippen molar-refractivity contribution in [3.8, 4) is 17.2 Å². The first kappa shape index (κ1) is 32.0. The van der Waals surface area contributed by atoms with E-state index in [0.29, 0.717) is 37.7 Å². The van der Waals surface area contributed by atoms with E-state index in [2.05, 4.69) is 6.92 Å². The Morgan fingerprint density at radius 3 is 2.14 bits per heavy atom. The summed E-state index contributed by atoms with van der Waals surface area (Å²) in [6.45, 7) is 4.43. The average Bonchev–Trinajstić information content (AvgIpc) is 3.01. The Hall–Kier alpha value is -3.88. The maximum atomic E-state index is 14.9. The van der Waals surface area contributed by atoms with Crippen LogP contribution in [0, 0.1) is 29.1 Å². The molecule has 1 atom stereocenters. The summed E-state index contributed by atoms with van der Waals surface area (Å²) in [5, 5.41) is 0. The molecule has 3 aromatic carbocycles. The summed E-state index contributed by atoms with van der Waals surface area (Å²) in [5.74, 6) is -7.91. The van der Waals surface area contributed by atoms with Crippen LogP contribution < -0.4 is 14.2 Å². The molecule has 230 valence electrons. The van der Waals surface area contributed by atoms with Gasteiger partial charge in [0.2, 0.25) is 11.6 Å². The molecule has 43 heavy (non-hydrogen) atoms. The molecule has 1 aliphatic rings. The van der Waals surface area contributed by atoms with Crippen LogP contribution in [0.25, 0.3) is 5.57 Å². The number of halogens is 5. The molecule has 0 aliphatic heterocycles. The Kier molecular flexibility index (Phi) is 11.2. The van der Waals surface area contributed by atoms with Crippen LogP contribution in [0.2, 0.25) is 0 Å². The second-order valence-corrected chi connectivity index (χ2v) is 10.5. The molecule has 4 rings (SSSR count). The topological polar surface area (TPSA) is 44.8 Å². The third-order valence-electron chi connectivity index (χ3n) is 7.42. The average molecular weight is 603 g/mol. The number of rotatable bonds is 13. The highest BCUT2D eigenvalue weighted by Crippen LogP contribution is 2.39. The van der Waals surface area contributed by atoms with Crippen LogP contribution in [0.15, 0.2) is 48.5 Å². The van der Waals surface area contributed by atoms with Crippen LogP contribution >= 0.6 is 0 Å². The molecule has 0 saturated heterocycles. The fraction of sp³-hybridized carbons (Fsp3) is 0.382. The summed E-state index contributed by atoms with van der Waals surface area (Å²) in [6.07, 6.45) is 7.55. The summed E-state index contributed by atoms with van der Waals surface area (Å²) >= 11 is 0. The van der Waals surface area contributed by atoms with E-state index in [1.807, 2.05) is 13.0 Å². The van der Waals surface area contributed by atoms with Gasteiger partial charge in [0.05, 0.1) is 18.8 Å². The van der Waals surface area contributed by atoms with E-state index >= 15 is 0 Å². The minimum atomic E-state index is -1.44. The lowest BCUT2D eigenvalue weighted by molar-refractivity contribution is 0.0721. The SMILES string of the molecule is CCCCCCOc1ccc(C(=O)Oc2ccc(C3=CCC(c4ccc(OCCC)c(F)c4F)CC3)cc2F)c(F)c1F. The lowest BCUT2D eigenvalue weighted by atomic mass is 9.82. The number of unbranched alkanes of at least 4 members (excludes halogenated alkanes) is 3. The van der Waals surface area contributed by atoms with Gasteiger partial charge in [0.15, 0.2) is 34.7 Å². The lowest BCUT2D eigenvalue weighted by Gasteiger charge is -2.23. The molecular weight excluding hydrogens is 567 g/mol. The summed E-state index contributed by atoms with van der Waals surface area (Å²) in [4.78, 5) is 12.6. The number of carbonyl (C=O) groups is 1. The van der Waals surface area contributed by atoms with E-state index in [0.717, 1.165) is 37.0 Å². The van der Waals surface area contributed by atoms with E-state index in [1.165, 1.54) is 18.2 Å². The number of hydrogen-bond acceptors (Lipinski definition) is 4. The van der Waals surface area contributed by atoms with Crippen molar-refractivity contribution in [2.24, 2.45) is 0 Å². The number of esters is 1. The Bertz CT molecular complexity index is 1470. The van der Waals surface area contributed by atoms with E-state index < -0.39 is 46.4 Å². The van der Waals surface area contributed by atoms with Crippen LogP contribution in [0.4, 0.5) is 22.0 Å². The quantitative estimate of drug-likeness (QED) is 0.0846. The zero-order valence-corrected chi connectivity index (χ0v) is 24.3. The molecule has 4 nitrogen and oxygen atoms in total. The molecule has 0 heterocycles. The van der Waals surface area contributed by atoms with Gasteiger partial charge in [0, 0.05) is 0 Å². The highest BCUT2D eigenvalue weighted by atomic mass is 19.2. The highest BCUT2D eigenvalue weighted by molar-refractivity contribution is 5.91. The Morgan fingerprint density at radius 1 is 0.767 bits per heavy atom. The second kappa shape index (κ2) is 15.0. The molecule has 0 bridgehead atoms. The first-order valence-corrected chi connectivity index (χ1v) is 14.7. The van der Waals surface area contributed by atoms with Crippen LogP contribution in [0.5, 0.6) is 17.2 Å². The van der Waals surface area contributed by atoms with Gasteiger partial charge < -0.3 is 14.2 Å². The van der Waals surface area contributed by atoms with Gasteiger partial charge in [-0.1, -0.05) is 51.3 Å². The molecular formula is C34H35F5O4. The van der Waals surface area contributed by atoms with Crippen LogP contribution in [-0.4, -0.2) is 19.2 Å². The van der Waals surface area contributed by atoms with Gasteiger partial charge in [-0.05, 0) is 85.1 Å². The van der Waals surface area contributed by atoms with Gasteiger partial charge in [-0.15, -0.1) is 0 Å². The van der Waals surface area contributed by atoms with Gasteiger partial charge in [-0.3, -0.25) is 0 Å². The fourth-order valence-electron chi connectivity index (χ4n) is 5.01. The normalized spacial score (nSPS) is 14.8. The van der Waals surface area contributed by atoms with Gasteiger partial charge >= 0.3 is 5.97 Å². The predicted octanol–water partition coefficient (Wildman–Crippen LogP) is 9.70. The minimum Gasteiger partial charge on any atom is -0.490 e. The van der Waals surface area contributed by atoms with Crippen molar-refractivity contribution in [3.63, 3.8) is 0 Å². The standard InChI is InChI=1S/C34H35F5O4/c1-3-5-6-7-19-42-29-17-14-25(31(37)33(29)39)34(40)43-27-15-12-23(20-26(27)35)21-8-10-22(11-9-21)24-13-16-28(41-18-4-2)32(38)30(24)36/h8,12-17,20,22H,3-7,9-11,18-19H2,1-2H3. The van der Waals surface area contributed by atoms with Crippen molar-refractivity contribution in [2.75, 3.05) is 13.2 Å². The number of allylic oxidation sites excluding steroid dienone is 2. The smallest absolute Gasteiger partial charge is 0.346 e. The molecule has 1 unspecified atom stereocenters. The first-order chi connectivity index (χ1) is 20.7. The Balaban J connectivity index is 1.39. The van der Waals surface area contributed by atoms with Crippen LogP contribution in [-0.2, 0) is 0 Å². The molecule has 1 aliphatic carbocycles. The minimum absolute atomic E-state index is 0.113. The number of benzene rings is 3. The molecule has 0 saturated carbocycles. The Morgan fingerprint density at radius 2 is 1.47 bits per heavy atom. The van der Waals surface area contributed by atoms with Crippen LogP contribution in [0.1, 0.15) is 92.6 Å². The van der Waals surface area contributed by atoms with Crippen LogP contribution in [0.3, 0.4) is 0 Å². The molecule has 0 fully saturated rings. The van der Waals surface area contributed by atoms with Gasteiger partial charge in [-0.2, -0.15) is 8.78 Å². The van der Waals surface area contributed by atoms with Gasteiger partial charge in [-0.25, -0.2) is 18.0 Å². The van der Waals surface area contributed by atoms with Crippen molar-refractivity contribution in [1.29, 1.82) is 0 Å². The molecule has 0 aromatic heterocycles. The molecule has 0 amide bonds. The van der Waals surface area contributed by atoms with Crippen molar-refractivity contribution in [2.45, 2.75) is 71.1 Å². The van der Waals surface area contributed by atoms with Crippen molar-refractivity contribution >= 4 is 11.5 Å². The fourth-order valence-corrected chi connectivity index (χ4v) is 5.01. The summed E-state index contributed by atoms with van der Waals surface area (Å²) in [7, 11) is 0. The molecule has 9 heteroatoms. The van der Waals surface area contributed by atoms with E-state index in [4.69, 9.17) is 14.2 Å². The van der Waals surface area contributed by atoms with E-state index in [1.54, 1.807) is 12.1 Å². The molecule has 0 N–H and O–H groups in total. The lowest BCUT2D eigenvalue weighted by Crippen LogP contribution is -2.13. The highest BCUT2D eigenvalue weighted by Gasteiger charge is 2.25. The maximum Gasteiger partial charge on any atom is 0.346 e. The van der Waals surface area contributed by atoms with Crippen molar-refractivity contribution < 1.29 is 41.0 Å². The molecule has 0 radical (unpaired) electrons. The molecule has 0 spiro atoms. The monoisotopic (exact) mass is 602 g/mol. The summed E-state index contributed by atoms with van der Waals surface area (Å²) in [6, 6.07) is 9.13. The van der Waals surface area contributed by atoms with Gasteiger partial charge in [0.1, 0.15) is 0 Å². The third kappa shape index (κ3) is 7.75. The number of carbonyl (C=O) groups excluding carboxylic acids is 1. The Labute approximate surface area is 248 Å². The largest absolute Gasteiger partial charge is 0.490 e. The third-order valence-corrected chi connectivity index (χ3v) is 7.42. The zero-order valence-electron chi connectivity index (χ0n) is 24.3. The number of ether oxygens (including phenoxy) is 3. The summed E-state index contributed by atoms with van der Waals surface area (Å²) in [5.41, 5.74) is 0.910. The van der Waals surface area contributed by atoms with Crippen molar-refractivity contribution in [3.05, 3.63) is 94.3 Å². The van der Waals surface area contributed by atoms with E-state index in [9.17, 15) is 26.7 Å². The number of hydrogen-bond donors (Lipinski definition) is 0.